The van der Waals surface area contributed by atoms with Crippen molar-refractivity contribution in [2.45, 2.75) is 6.54 Å². The van der Waals surface area contributed by atoms with Gasteiger partial charge in [-0.1, -0.05) is 24.3 Å². The van der Waals surface area contributed by atoms with E-state index < -0.39 is 11.6 Å². The first-order chi connectivity index (χ1) is 13.7. The highest BCUT2D eigenvalue weighted by Gasteiger charge is 2.07. The number of nitrogens with zero attached hydrogens (tertiary/aromatic N) is 2. The number of aliphatic imine (C=N–C) groups is 1. The van der Waals surface area contributed by atoms with Crippen molar-refractivity contribution in [3.8, 4) is 5.75 Å². The van der Waals surface area contributed by atoms with Crippen LogP contribution in [-0.2, 0) is 6.54 Å². The molecular weight excluding hydrogens is 489 g/mol. The fourth-order valence-electron chi connectivity index (χ4n) is 2.84. The number of guanidine groups is 1. The molecule has 0 spiro atoms. The van der Waals surface area contributed by atoms with Gasteiger partial charge in [-0.15, -0.1) is 24.0 Å². The van der Waals surface area contributed by atoms with E-state index in [2.05, 4.69) is 56.9 Å². The molecule has 2 aromatic carbocycles. The standard InChI is InChI=1S/C21H24F2N4O.HI/c1-24-21(25-10-13-28-20-9-6-17(22)14-19(20)23)26-15-16-4-7-18(8-5-16)27-11-2-3-12-27;/h2-9,14H,10-13,15H2,1H3,(H2,24,25,26);1H. The second-order valence-electron chi connectivity index (χ2n) is 6.32. The molecule has 0 aromatic heterocycles. The average molecular weight is 514 g/mol. The van der Waals surface area contributed by atoms with Crippen LogP contribution < -0.4 is 20.3 Å². The van der Waals surface area contributed by atoms with Crippen LogP contribution in [0.5, 0.6) is 5.75 Å². The van der Waals surface area contributed by atoms with Gasteiger partial charge in [0.15, 0.2) is 17.5 Å². The highest BCUT2D eigenvalue weighted by atomic mass is 127. The van der Waals surface area contributed by atoms with Gasteiger partial charge in [0.1, 0.15) is 12.4 Å². The Morgan fingerprint density at radius 2 is 1.79 bits per heavy atom. The Bertz CT molecular complexity index is 835. The SMILES string of the molecule is CN=C(NCCOc1ccc(F)cc1F)NCc1ccc(N2CC=CC2)cc1.I. The Kier molecular flexibility index (Phi) is 9.17. The number of hydrogen-bond acceptors (Lipinski definition) is 3. The van der Waals surface area contributed by atoms with Crippen LogP contribution in [-0.4, -0.2) is 39.2 Å². The van der Waals surface area contributed by atoms with Crippen LogP contribution in [0.3, 0.4) is 0 Å². The zero-order valence-electron chi connectivity index (χ0n) is 16.2. The van der Waals surface area contributed by atoms with Gasteiger partial charge in [0.05, 0.1) is 6.54 Å². The Morgan fingerprint density at radius 1 is 1.07 bits per heavy atom. The molecule has 0 radical (unpaired) electrons. The Hall–Kier alpha value is -2.36. The summed E-state index contributed by atoms with van der Waals surface area (Å²) in [4.78, 5) is 6.45. The smallest absolute Gasteiger partial charge is 0.191 e. The van der Waals surface area contributed by atoms with E-state index in [1.165, 1.54) is 11.8 Å². The summed E-state index contributed by atoms with van der Waals surface area (Å²) < 4.78 is 31.7. The van der Waals surface area contributed by atoms with E-state index in [1.807, 2.05) is 0 Å². The lowest BCUT2D eigenvalue weighted by atomic mass is 10.2. The zero-order valence-corrected chi connectivity index (χ0v) is 18.5. The molecule has 8 heteroatoms. The average Bonchev–Trinajstić information content (AvgIpc) is 3.24. The van der Waals surface area contributed by atoms with E-state index >= 15 is 0 Å². The maximum Gasteiger partial charge on any atom is 0.191 e. The normalized spacial score (nSPS) is 13.2. The highest BCUT2D eigenvalue weighted by molar-refractivity contribution is 14.0. The minimum Gasteiger partial charge on any atom is -0.489 e. The van der Waals surface area contributed by atoms with Crippen LogP contribution in [0.15, 0.2) is 59.6 Å². The molecule has 0 aliphatic carbocycles. The third-order valence-corrected chi connectivity index (χ3v) is 4.35. The molecule has 2 N–H and O–H groups in total. The van der Waals surface area contributed by atoms with Crippen LogP contribution in [0, 0.1) is 11.6 Å². The van der Waals surface area contributed by atoms with Gasteiger partial charge in [-0.2, -0.15) is 0 Å². The summed E-state index contributed by atoms with van der Waals surface area (Å²) in [5.41, 5.74) is 2.35. The first-order valence-corrected chi connectivity index (χ1v) is 9.17. The predicted octanol–water partition coefficient (Wildman–Crippen LogP) is 3.70. The molecule has 156 valence electrons. The summed E-state index contributed by atoms with van der Waals surface area (Å²) in [5, 5.41) is 6.32. The number of rotatable bonds is 7. The van der Waals surface area contributed by atoms with Crippen molar-refractivity contribution in [3.05, 3.63) is 71.8 Å². The number of benzene rings is 2. The Balaban J connectivity index is 0.00000300. The highest BCUT2D eigenvalue weighted by Crippen LogP contribution is 2.18. The summed E-state index contributed by atoms with van der Waals surface area (Å²) in [6, 6.07) is 11.7. The first kappa shape index (κ1) is 22.9. The van der Waals surface area contributed by atoms with E-state index in [0.29, 0.717) is 19.0 Å². The summed E-state index contributed by atoms with van der Waals surface area (Å²) >= 11 is 0. The van der Waals surface area contributed by atoms with Gasteiger partial charge in [-0.05, 0) is 29.8 Å². The summed E-state index contributed by atoms with van der Waals surface area (Å²) in [6.45, 7) is 3.20. The number of ether oxygens (including phenoxy) is 1. The van der Waals surface area contributed by atoms with Gasteiger partial charge in [-0.25, -0.2) is 8.78 Å². The molecule has 0 unspecified atom stereocenters. The van der Waals surface area contributed by atoms with E-state index in [0.717, 1.165) is 30.8 Å². The number of halogens is 3. The third kappa shape index (κ3) is 6.88. The quantitative estimate of drug-likeness (QED) is 0.195. The molecule has 0 fully saturated rings. The largest absolute Gasteiger partial charge is 0.489 e. The van der Waals surface area contributed by atoms with Crippen LogP contribution in [0.25, 0.3) is 0 Å². The van der Waals surface area contributed by atoms with Crippen molar-refractivity contribution < 1.29 is 13.5 Å². The molecule has 1 aliphatic rings. The molecule has 3 rings (SSSR count). The monoisotopic (exact) mass is 514 g/mol. The van der Waals surface area contributed by atoms with Crippen molar-refractivity contribution >= 4 is 35.6 Å². The molecule has 0 bridgehead atoms. The Morgan fingerprint density at radius 3 is 2.45 bits per heavy atom. The van der Waals surface area contributed by atoms with Crippen molar-refractivity contribution in [3.63, 3.8) is 0 Å². The van der Waals surface area contributed by atoms with E-state index in [1.54, 1.807) is 7.05 Å². The van der Waals surface area contributed by atoms with Gasteiger partial charge >= 0.3 is 0 Å². The number of hydrogen-bond donors (Lipinski definition) is 2. The van der Waals surface area contributed by atoms with Gasteiger partial charge in [0, 0.05) is 38.4 Å². The lowest BCUT2D eigenvalue weighted by Gasteiger charge is -2.18. The minimum atomic E-state index is -0.712. The zero-order chi connectivity index (χ0) is 19.8. The van der Waals surface area contributed by atoms with Crippen molar-refractivity contribution in [1.29, 1.82) is 0 Å². The fourth-order valence-corrected chi connectivity index (χ4v) is 2.84. The van der Waals surface area contributed by atoms with E-state index in [9.17, 15) is 8.78 Å². The Labute approximate surface area is 186 Å². The lowest BCUT2D eigenvalue weighted by Crippen LogP contribution is -2.38. The minimum absolute atomic E-state index is 0. The first-order valence-electron chi connectivity index (χ1n) is 9.17. The van der Waals surface area contributed by atoms with Crippen molar-refractivity contribution in [1.82, 2.24) is 10.6 Å². The fraction of sp³-hybridized carbons (Fsp3) is 0.286. The molecule has 0 saturated carbocycles. The molecule has 0 amide bonds. The van der Waals surface area contributed by atoms with Crippen molar-refractivity contribution in [2.75, 3.05) is 38.2 Å². The summed E-state index contributed by atoms with van der Waals surface area (Å²) in [5.74, 6) is -0.691. The second-order valence-corrected chi connectivity index (χ2v) is 6.32. The summed E-state index contributed by atoms with van der Waals surface area (Å²) in [7, 11) is 1.68. The topological polar surface area (TPSA) is 48.9 Å². The van der Waals surface area contributed by atoms with Crippen LogP contribution in [0.4, 0.5) is 14.5 Å². The van der Waals surface area contributed by atoms with Gasteiger partial charge in [0.2, 0.25) is 0 Å². The molecular formula is C21H25F2IN4O. The molecule has 1 heterocycles. The molecule has 1 aliphatic heterocycles. The summed E-state index contributed by atoms with van der Waals surface area (Å²) in [6.07, 6.45) is 4.33. The number of nitrogens with one attached hydrogen (secondary N) is 2. The maximum atomic E-state index is 13.5. The van der Waals surface area contributed by atoms with Gasteiger partial charge in [0.25, 0.3) is 0 Å². The maximum absolute atomic E-state index is 13.5. The molecule has 0 atom stereocenters. The predicted molar refractivity (Wildman–Crippen MR) is 123 cm³/mol. The third-order valence-electron chi connectivity index (χ3n) is 4.35. The molecule has 5 nitrogen and oxygen atoms in total. The van der Waals surface area contributed by atoms with E-state index in [4.69, 9.17) is 4.74 Å². The van der Waals surface area contributed by atoms with Gasteiger partial charge < -0.3 is 20.3 Å². The van der Waals surface area contributed by atoms with Crippen LogP contribution >= 0.6 is 24.0 Å². The number of anilines is 1. The van der Waals surface area contributed by atoms with E-state index in [-0.39, 0.29) is 36.3 Å². The van der Waals surface area contributed by atoms with Crippen LogP contribution in [0.2, 0.25) is 0 Å². The van der Waals surface area contributed by atoms with Crippen molar-refractivity contribution in [2.24, 2.45) is 4.99 Å². The molecule has 0 saturated heterocycles. The second kappa shape index (κ2) is 11.6. The molecule has 29 heavy (non-hydrogen) atoms. The molecule has 2 aromatic rings. The lowest BCUT2D eigenvalue weighted by molar-refractivity contribution is 0.304. The van der Waals surface area contributed by atoms with Crippen LogP contribution in [0.1, 0.15) is 5.56 Å². The van der Waals surface area contributed by atoms with Gasteiger partial charge in [-0.3, -0.25) is 4.99 Å².